The fraction of sp³-hybridized carbons (Fsp3) is 0.667. The zero-order valence-electron chi connectivity index (χ0n) is 9.88. The molecule has 0 aliphatic rings. The van der Waals surface area contributed by atoms with Gasteiger partial charge in [0.05, 0.1) is 0 Å². The van der Waals surface area contributed by atoms with Gasteiger partial charge in [-0.05, 0) is 45.4 Å². The van der Waals surface area contributed by atoms with Crippen LogP contribution in [0.2, 0.25) is 0 Å². The summed E-state index contributed by atoms with van der Waals surface area (Å²) in [5.41, 5.74) is 0. The molecule has 0 amide bonds. The molecule has 86 valence electrons. The van der Waals surface area contributed by atoms with Gasteiger partial charge in [-0.25, -0.2) is 0 Å². The number of unbranched alkanes of at least 4 members (excludes halogenated alkanes) is 1. The van der Waals surface area contributed by atoms with Crippen LogP contribution in [0.1, 0.15) is 35.6 Å². The number of hydrogen-bond acceptors (Lipinski definition) is 3. The molecule has 0 aliphatic carbocycles. The minimum absolute atomic E-state index is 0.478. The lowest BCUT2D eigenvalue weighted by Crippen LogP contribution is -2.19. The Hall–Kier alpha value is -0.380. The Kier molecular flexibility index (Phi) is 5.91. The van der Waals surface area contributed by atoms with E-state index in [-0.39, 0.29) is 0 Å². The van der Waals surface area contributed by atoms with Gasteiger partial charge in [-0.2, -0.15) is 0 Å². The van der Waals surface area contributed by atoms with E-state index in [2.05, 4.69) is 31.3 Å². The molecule has 0 fully saturated rings. The maximum Gasteiger partial charge on any atom is 0.0462 e. The summed E-state index contributed by atoms with van der Waals surface area (Å²) in [7, 11) is 1.75. The molecule has 0 aliphatic heterocycles. The Labute approximate surface area is 96.7 Å². The van der Waals surface area contributed by atoms with Crippen LogP contribution in [0.25, 0.3) is 0 Å². The van der Waals surface area contributed by atoms with Crippen LogP contribution in [-0.2, 0) is 4.74 Å². The first kappa shape index (κ1) is 12.7. The van der Waals surface area contributed by atoms with Gasteiger partial charge in [-0.15, -0.1) is 11.3 Å². The molecule has 1 aromatic heterocycles. The van der Waals surface area contributed by atoms with E-state index in [1.165, 1.54) is 16.2 Å². The van der Waals surface area contributed by atoms with Crippen LogP contribution >= 0.6 is 11.3 Å². The highest BCUT2D eigenvalue weighted by Crippen LogP contribution is 2.21. The fourth-order valence-corrected chi connectivity index (χ4v) is 2.38. The number of methoxy groups -OCH3 is 1. The zero-order valence-corrected chi connectivity index (χ0v) is 10.7. The largest absolute Gasteiger partial charge is 0.385 e. The zero-order chi connectivity index (χ0) is 11.1. The van der Waals surface area contributed by atoms with Crippen molar-refractivity contribution in [2.24, 2.45) is 0 Å². The molecule has 3 heteroatoms. The Balaban J connectivity index is 2.16. The van der Waals surface area contributed by atoms with Crippen molar-refractivity contribution >= 4 is 11.3 Å². The molecular weight excluding hydrogens is 206 g/mol. The molecule has 15 heavy (non-hydrogen) atoms. The monoisotopic (exact) mass is 227 g/mol. The molecule has 0 bridgehead atoms. The molecule has 0 saturated carbocycles. The van der Waals surface area contributed by atoms with Crippen molar-refractivity contribution in [3.05, 3.63) is 21.9 Å². The van der Waals surface area contributed by atoms with Crippen LogP contribution in [0.4, 0.5) is 0 Å². The Bertz CT molecular complexity index is 272. The van der Waals surface area contributed by atoms with Crippen LogP contribution in [0.5, 0.6) is 0 Å². The summed E-state index contributed by atoms with van der Waals surface area (Å²) in [6.45, 7) is 6.32. The lowest BCUT2D eigenvalue weighted by Gasteiger charge is -2.11. The summed E-state index contributed by atoms with van der Waals surface area (Å²) < 4.78 is 5.01. The van der Waals surface area contributed by atoms with Crippen LogP contribution in [0, 0.1) is 6.92 Å². The molecule has 0 spiro atoms. The first-order chi connectivity index (χ1) is 7.24. The normalized spacial score (nSPS) is 13.0. The molecule has 1 atom stereocenters. The molecule has 0 saturated heterocycles. The smallest absolute Gasteiger partial charge is 0.0462 e. The van der Waals surface area contributed by atoms with Crippen molar-refractivity contribution in [1.29, 1.82) is 0 Å². The van der Waals surface area contributed by atoms with Crippen molar-refractivity contribution in [3.63, 3.8) is 0 Å². The second-order valence-electron chi connectivity index (χ2n) is 3.82. The highest BCUT2D eigenvalue weighted by atomic mass is 32.1. The van der Waals surface area contributed by atoms with Crippen molar-refractivity contribution in [3.8, 4) is 0 Å². The summed E-state index contributed by atoms with van der Waals surface area (Å²) in [4.78, 5) is 2.82. The summed E-state index contributed by atoms with van der Waals surface area (Å²) >= 11 is 1.88. The van der Waals surface area contributed by atoms with Crippen LogP contribution in [0.3, 0.4) is 0 Å². The lowest BCUT2D eigenvalue weighted by atomic mass is 10.2. The van der Waals surface area contributed by atoms with Crippen LogP contribution < -0.4 is 5.32 Å². The van der Waals surface area contributed by atoms with Crippen molar-refractivity contribution in [2.45, 2.75) is 32.7 Å². The first-order valence-corrected chi connectivity index (χ1v) is 6.34. The van der Waals surface area contributed by atoms with Gasteiger partial charge >= 0.3 is 0 Å². The second kappa shape index (κ2) is 6.99. The molecule has 2 nitrogen and oxygen atoms in total. The van der Waals surface area contributed by atoms with Gasteiger partial charge in [0.15, 0.2) is 0 Å². The third-order valence-corrected chi connectivity index (χ3v) is 3.60. The third kappa shape index (κ3) is 4.78. The van der Waals surface area contributed by atoms with E-state index in [4.69, 9.17) is 4.74 Å². The fourth-order valence-electron chi connectivity index (χ4n) is 1.48. The summed E-state index contributed by atoms with van der Waals surface area (Å²) in [6.07, 6.45) is 2.32. The standard InChI is InChI=1S/C12H21NOS/c1-10-6-7-12(15-10)11(2)13-8-4-5-9-14-3/h6-7,11,13H,4-5,8-9H2,1-3H3. The summed E-state index contributed by atoms with van der Waals surface area (Å²) in [5, 5.41) is 3.53. The van der Waals surface area contributed by atoms with Crippen molar-refractivity contribution in [2.75, 3.05) is 20.3 Å². The molecular formula is C12H21NOS. The van der Waals surface area contributed by atoms with Gasteiger partial charge in [0.2, 0.25) is 0 Å². The number of ether oxygens (including phenoxy) is 1. The van der Waals surface area contributed by atoms with E-state index < -0.39 is 0 Å². The Morgan fingerprint density at radius 3 is 2.80 bits per heavy atom. The van der Waals surface area contributed by atoms with E-state index in [1.54, 1.807) is 7.11 Å². The third-order valence-electron chi connectivity index (χ3n) is 2.41. The molecule has 1 unspecified atom stereocenters. The van der Waals surface area contributed by atoms with E-state index in [1.807, 2.05) is 11.3 Å². The average molecular weight is 227 g/mol. The predicted molar refractivity (Wildman–Crippen MR) is 66.6 cm³/mol. The highest BCUT2D eigenvalue weighted by Gasteiger charge is 2.05. The number of thiophene rings is 1. The maximum absolute atomic E-state index is 5.01. The summed E-state index contributed by atoms with van der Waals surface area (Å²) in [5.74, 6) is 0. The lowest BCUT2D eigenvalue weighted by molar-refractivity contribution is 0.192. The molecule has 0 aromatic carbocycles. The van der Waals surface area contributed by atoms with Gasteiger partial charge in [0.1, 0.15) is 0 Å². The molecule has 1 aromatic rings. The minimum Gasteiger partial charge on any atom is -0.385 e. The summed E-state index contributed by atoms with van der Waals surface area (Å²) in [6, 6.07) is 4.88. The Morgan fingerprint density at radius 1 is 1.40 bits per heavy atom. The quantitative estimate of drug-likeness (QED) is 0.723. The molecule has 0 radical (unpaired) electrons. The highest BCUT2D eigenvalue weighted by molar-refractivity contribution is 7.12. The van der Waals surface area contributed by atoms with Gasteiger partial charge in [-0.3, -0.25) is 0 Å². The van der Waals surface area contributed by atoms with Gasteiger partial charge < -0.3 is 10.1 Å². The van der Waals surface area contributed by atoms with Crippen LogP contribution in [0.15, 0.2) is 12.1 Å². The average Bonchev–Trinajstić information content (AvgIpc) is 2.64. The number of hydrogen-bond donors (Lipinski definition) is 1. The van der Waals surface area contributed by atoms with Crippen molar-refractivity contribution in [1.82, 2.24) is 5.32 Å². The van der Waals surface area contributed by atoms with Crippen LogP contribution in [-0.4, -0.2) is 20.3 Å². The maximum atomic E-state index is 5.01. The van der Waals surface area contributed by atoms with E-state index in [0.717, 1.165) is 19.6 Å². The molecule has 1 rings (SSSR count). The number of rotatable bonds is 7. The van der Waals surface area contributed by atoms with Gasteiger partial charge in [-0.1, -0.05) is 0 Å². The SMILES string of the molecule is COCCCCNC(C)c1ccc(C)s1. The molecule has 1 heterocycles. The number of nitrogens with one attached hydrogen (secondary N) is 1. The second-order valence-corrected chi connectivity index (χ2v) is 5.14. The number of aryl methyl sites for hydroxylation is 1. The van der Waals surface area contributed by atoms with Gasteiger partial charge in [0, 0.05) is 29.5 Å². The van der Waals surface area contributed by atoms with E-state index in [0.29, 0.717) is 6.04 Å². The Morgan fingerprint density at radius 2 is 2.20 bits per heavy atom. The predicted octanol–water partition coefficient (Wildman–Crippen LogP) is 3.13. The van der Waals surface area contributed by atoms with E-state index in [9.17, 15) is 0 Å². The van der Waals surface area contributed by atoms with Gasteiger partial charge in [0.25, 0.3) is 0 Å². The molecule has 1 N–H and O–H groups in total. The first-order valence-electron chi connectivity index (χ1n) is 5.52. The van der Waals surface area contributed by atoms with E-state index >= 15 is 0 Å². The minimum atomic E-state index is 0.478. The van der Waals surface area contributed by atoms with Crippen molar-refractivity contribution < 1.29 is 4.74 Å². The topological polar surface area (TPSA) is 21.3 Å².